The molecule has 3 aliphatic rings. The first-order chi connectivity index (χ1) is 15.0. The molecule has 32 heavy (non-hydrogen) atoms. The van der Waals surface area contributed by atoms with E-state index in [4.69, 9.17) is 4.74 Å². The summed E-state index contributed by atoms with van der Waals surface area (Å²) in [6.07, 6.45) is 5.07. The van der Waals surface area contributed by atoms with E-state index in [2.05, 4.69) is 15.2 Å². The number of carbonyl (C=O) groups excluding carboxylic acids is 2. The van der Waals surface area contributed by atoms with Gasteiger partial charge in [-0.2, -0.15) is 0 Å². The first-order valence-electron chi connectivity index (χ1n) is 11.6. The minimum Gasteiger partial charge on any atom is -0.393 e. The average Bonchev–Trinajstić information content (AvgIpc) is 3.47. The molecular formula is C25H37N3O4. The molecule has 1 spiro atoms. The Bertz CT molecular complexity index is 917. The van der Waals surface area contributed by atoms with E-state index in [1.807, 2.05) is 40.9 Å². The number of aliphatic imine (C=N–C) groups is 1. The summed E-state index contributed by atoms with van der Waals surface area (Å²) in [5, 5.41) is 14.0. The number of amidine groups is 1. The summed E-state index contributed by atoms with van der Waals surface area (Å²) in [6.45, 7) is 9.69. The second kappa shape index (κ2) is 9.32. The third-order valence-corrected chi connectivity index (χ3v) is 7.01. The molecule has 0 aromatic carbocycles. The van der Waals surface area contributed by atoms with Crippen LogP contribution in [0.3, 0.4) is 0 Å². The van der Waals surface area contributed by atoms with Crippen molar-refractivity contribution in [3.63, 3.8) is 0 Å². The van der Waals surface area contributed by atoms with Gasteiger partial charge in [-0.15, -0.1) is 0 Å². The number of fused-ring (bicyclic) bond motifs is 1. The van der Waals surface area contributed by atoms with E-state index in [1.54, 1.807) is 6.92 Å². The molecule has 7 nitrogen and oxygen atoms in total. The molecule has 0 unspecified atom stereocenters. The number of hydrogen-bond donors (Lipinski definition) is 2. The minimum absolute atomic E-state index is 0.199. The van der Waals surface area contributed by atoms with Gasteiger partial charge in [-0.1, -0.05) is 5.57 Å². The van der Waals surface area contributed by atoms with E-state index >= 15 is 0 Å². The molecule has 1 saturated carbocycles. The molecule has 1 atom stereocenters. The summed E-state index contributed by atoms with van der Waals surface area (Å²) in [4.78, 5) is 32.1. The summed E-state index contributed by atoms with van der Waals surface area (Å²) >= 11 is 0. The number of esters is 1. The predicted molar refractivity (Wildman–Crippen MR) is 125 cm³/mol. The Balaban J connectivity index is 1.67. The van der Waals surface area contributed by atoms with Gasteiger partial charge in [0.15, 0.2) is 5.78 Å². The molecule has 0 aliphatic heterocycles. The van der Waals surface area contributed by atoms with Crippen molar-refractivity contribution in [1.82, 2.24) is 10.2 Å². The van der Waals surface area contributed by atoms with Crippen molar-refractivity contribution in [3.05, 3.63) is 33.9 Å². The van der Waals surface area contributed by atoms with Gasteiger partial charge in [0.2, 0.25) is 0 Å². The van der Waals surface area contributed by atoms with Gasteiger partial charge >= 0.3 is 5.97 Å². The van der Waals surface area contributed by atoms with E-state index in [1.165, 1.54) is 0 Å². The standard InChI is InChI=1S/C25H37N3O4/c1-7-26-23(27-13-8-14-28(5)6)32-20(29)10-9-18-16(2)15-19-21(18)17(3)25(11-12-25)24(4,31)22(19)30/h15,31H,7-14H2,1-6H3,(H,26,27)/t24-/m0/s1. The summed E-state index contributed by atoms with van der Waals surface area (Å²) in [5.41, 5.74) is 2.78. The highest BCUT2D eigenvalue weighted by atomic mass is 16.6. The lowest BCUT2D eigenvalue weighted by atomic mass is 9.67. The molecule has 0 radical (unpaired) electrons. The number of rotatable bonds is 8. The summed E-state index contributed by atoms with van der Waals surface area (Å²) < 4.78 is 5.49. The lowest BCUT2D eigenvalue weighted by Gasteiger charge is -2.39. The number of nitrogens with one attached hydrogen (secondary N) is 1. The quantitative estimate of drug-likeness (QED) is 0.259. The maximum Gasteiger partial charge on any atom is 0.313 e. The van der Waals surface area contributed by atoms with Crippen LogP contribution in [0.25, 0.3) is 0 Å². The van der Waals surface area contributed by atoms with Crippen molar-refractivity contribution >= 4 is 17.8 Å². The van der Waals surface area contributed by atoms with Crippen LogP contribution >= 0.6 is 0 Å². The maximum absolute atomic E-state index is 13.0. The van der Waals surface area contributed by atoms with Crippen LogP contribution in [0.5, 0.6) is 0 Å². The van der Waals surface area contributed by atoms with Crippen LogP contribution in [-0.2, 0) is 14.3 Å². The lowest BCUT2D eigenvalue weighted by Crippen LogP contribution is -2.49. The van der Waals surface area contributed by atoms with Crippen LogP contribution in [0.1, 0.15) is 59.8 Å². The second-order valence-corrected chi connectivity index (χ2v) is 9.55. The Hall–Kier alpha value is -2.25. The Morgan fingerprint density at radius 2 is 2.00 bits per heavy atom. The van der Waals surface area contributed by atoms with E-state index in [0.717, 1.165) is 48.1 Å². The van der Waals surface area contributed by atoms with E-state index in [-0.39, 0.29) is 24.2 Å². The highest BCUT2D eigenvalue weighted by Gasteiger charge is 2.64. The zero-order valence-corrected chi connectivity index (χ0v) is 20.3. The molecule has 0 heterocycles. The summed E-state index contributed by atoms with van der Waals surface area (Å²) in [6, 6.07) is 0.267. The van der Waals surface area contributed by atoms with Crippen molar-refractivity contribution in [2.45, 2.75) is 65.4 Å². The van der Waals surface area contributed by atoms with Gasteiger partial charge in [0.1, 0.15) is 5.60 Å². The summed E-state index contributed by atoms with van der Waals surface area (Å²) in [5.74, 6) is -0.550. The highest BCUT2D eigenvalue weighted by Crippen LogP contribution is 2.65. The van der Waals surface area contributed by atoms with Crippen molar-refractivity contribution in [2.75, 3.05) is 33.7 Å². The molecule has 1 fully saturated rings. The van der Waals surface area contributed by atoms with Gasteiger partial charge in [-0.3, -0.25) is 9.59 Å². The SMILES string of the molecule is CCNC(=NCCCN(C)C)OC(=O)CCC1=C(C)C=C2C(=O)[C@](C)(O)C3(CC3)C(C)=C21. The fourth-order valence-electron chi connectivity index (χ4n) is 4.96. The third kappa shape index (κ3) is 4.46. The minimum atomic E-state index is -1.36. The average molecular weight is 444 g/mol. The van der Waals surface area contributed by atoms with E-state index < -0.39 is 11.0 Å². The number of ether oxygens (including phenoxy) is 1. The fourth-order valence-corrected chi connectivity index (χ4v) is 4.96. The maximum atomic E-state index is 13.0. The molecule has 0 amide bonds. The van der Waals surface area contributed by atoms with E-state index in [0.29, 0.717) is 25.1 Å². The molecule has 0 saturated heterocycles. The Morgan fingerprint density at radius 1 is 1.31 bits per heavy atom. The Kier molecular flexibility index (Phi) is 7.10. The molecule has 0 bridgehead atoms. The van der Waals surface area contributed by atoms with Crippen LogP contribution in [0.15, 0.2) is 38.9 Å². The van der Waals surface area contributed by atoms with Crippen molar-refractivity contribution in [3.8, 4) is 0 Å². The van der Waals surface area contributed by atoms with Gasteiger partial charge < -0.3 is 20.1 Å². The van der Waals surface area contributed by atoms with Gasteiger partial charge in [0, 0.05) is 24.1 Å². The molecule has 0 aromatic heterocycles. The smallest absolute Gasteiger partial charge is 0.313 e. The zero-order chi connectivity index (χ0) is 23.7. The molecule has 0 aromatic rings. The highest BCUT2D eigenvalue weighted by molar-refractivity contribution is 6.10. The van der Waals surface area contributed by atoms with Crippen LogP contribution in [0.4, 0.5) is 0 Å². The van der Waals surface area contributed by atoms with Crippen LogP contribution < -0.4 is 5.32 Å². The molecular weight excluding hydrogens is 406 g/mol. The number of carbonyl (C=O) groups is 2. The number of ketones is 1. The Labute approximate surface area is 191 Å². The number of Topliss-reactive ketones (excluding diaryl/α,β-unsaturated/α-hetero) is 1. The number of allylic oxidation sites excluding steroid dienone is 4. The normalized spacial score (nSPS) is 24.3. The van der Waals surface area contributed by atoms with Crippen molar-refractivity contribution in [2.24, 2.45) is 10.4 Å². The molecule has 3 rings (SSSR count). The van der Waals surface area contributed by atoms with Gasteiger partial charge in [-0.05, 0) is 96.8 Å². The predicted octanol–water partition coefficient (Wildman–Crippen LogP) is 2.91. The van der Waals surface area contributed by atoms with Crippen LogP contribution in [0.2, 0.25) is 0 Å². The van der Waals surface area contributed by atoms with Crippen LogP contribution in [-0.4, -0.2) is 67.1 Å². The first-order valence-corrected chi connectivity index (χ1v) is 11.6. The molecule has 3 aliphatic carbocycles. The lowest BCUT2D eigenvalue weighted by molar-refractivity contribution is -0.137. The van der Waals surface area contributed by atoms with Crippen LogP contribution in [0, 0.1) is 5.41 Å². The topological polar surface area (TPSA) is 91.2 Å². The van der Waals surface area contributed by atoms with Gasteiger partial charge in [0.25, 0.3) is 6.02 Å². The Morgan fingerprint density at radius 3 is 2.59 bits per heavy atom. The van der Waals surface area contributed by atoms with Crippen molar-refractivity contribution < 1.29 is 19.4 Å². The van der Waals surface area contributed by atoms with Gasteiger partial charge in [-0.25, -0.2) is 4.99 Å². The monoisotopic (exact) mass is 443 g/mol. The largest absolute Gasteiger partial charge is 0.393 e. The number of nitrogens with zero attached hydrogens (tertiary/aromatic N) is 2. The second-order valence-electron chi connectivity index (χ2n) is 9.55. The number of hydrogen-bond acceptors (Lipinski definition) is 6. The third-order valence-electron chi connectivity index (χ3n) is 7.01. The molecule has 176 valence electrons. The summed E-state index contributed by atoms with van der Waals surface area (Å²) in [7, 11) is 4.02. The molecule has 2 N–H and O–H groups in total. The van der Waals surface area contributed by atoms with Gasteiger partial charge in [0.05, 0.1) is 6.42 Å². The molecule has 7 heteroatoms. The fraction of sp³-hybridized carbons (Fsp3) is 0.640. The zero-order valence-electron chi connectivity index (χ0n) is 20.3. The van der Waals surface area contributed by atoms with Crippen molar-refractivity contribution in [1.29, 1.82) is 0 Å². The van der Waals surface area contributed by atoms with E-state index in [9.17, 15) is 14.7 Å². The number of aliphatic hydroxyl groups is 1. The first kappa shape index (κ1) is 24.4.